The molecular weight excluding hydrogens is 438 g/mol. The predicted molar refractivity (Wildman–Crippen MR) is 125 cm³/mol. The number of benzene rings is 1. The SMILES string of the molecule is C[C@H](Nc1nccc(-c2csc(-c3cccc([C@]4(O)CCN(C)C4=O)c3)n2)n1)c1cn[nH]c1. The minimum Gasteiger partial charge on any atom is -0.375 e. The Balaban J connectivity index is 1.39. The van der Waals surface area contributed by atoms with Gasteiger partial charge in [0.2, 0.25) is 5.95 Å². The van der Waals surface area contributed by atoms with E-state index in [1.54, 1.807) is 30.4 Å². The fourth-order valence-electron chi connectivity index (χ4n) is 3.90. The zero-order valence-corrected chi connectivity index (χ0v) is 19.0. The smallest absolute Gasteiger partial charge is 0.258 e. The average molecular weight is 462 g/mol. The molecule has 1 aliphatic rings. The van der Waals surface area contributed by atoms with Crippen molar-refractivity contribution in [3.05, 3.63) is 65.4 Å². The first kappa shape index (κ1) is 21.2. The third-order valence-electron chi connectivity index (χ3n) is 5.88. The van der Waals surface area contributed by atoms with Crippen molar-refractivity contribution in [2.24, 2.45) is 0 Å². The lowest BCUT2D eigenvalue weighted by molar-refractivity contribution is -0.143. The number of hydrogen-bond donors (Lipinski definition) is 3. The Bertz CT molecular complexity index is 1290. The van der Waals surface area contributed by atoms with Crippen LogP contribution in [0.25, 0.3) is 22.0 Å². The monoisotopic (exact) mass is 461 g/mol. The molecule has 0 bridgehead atoms. The van der Waals surface area contributed by atoms with Gasteiger partial charge in [-0.15, -0.1) is 11.3 Å². The molecule has 0 spiro atoms. The van der Waals surface area contributed by atoms with E-state index >= 15 is 0 Å². The van der Waals surface area contributed by atoms with Gasteiger partial charge in [0.05, 0.1) is 17.9 Å². The number of nitrogens with one attached hydrogen (secondary N) is 2. The van der Waals surface area contributed by atoms with Crippen LogP contribution in [0.4, 0.5) is 5.95 Å². The minimum atomic E-state index is -1.48. The Kier molecular flexibility index (Phi) is 5.39. The van der Waals surface area contributed by atoms with E-state index < -0.39 is 5.60 Å². The third kappa shape index (κ3) is 3.98. The van der Waals surface area contributed by atoms with Crippen LogP contribution in [0, 0.1) is 0 Å². The molecule has 0 unspecified atom stereocenters. The summed E-state index contributed by atoms with van der Waals surface area (Å²) in [5.74, 6) is 0.231. The van der Waals surface area contributed by atoms with Gasteiger partial charge in [-0.05, 0) is 24.6 Å². The highest BCUT2D eigenvalue weighted by Gasteiger charge is 2.45. The topological polar surface area (TPSA) is 120 Å². The number of amides is 1. The Morgan fingerprint density at radius 3 is 2.91 bits per heavy atom. The van der Waals surface area contributed by atoms with Crippen LogP contribution >= 0.6 is 11.3 Å². The number of nitrogens with zero attached hydrogens (tertiary/aromatic N) is 5. The molecule has 4 heterocycles. The number of carbonyl (C=O) groups is 1. The summed E-state index contributed by atoms with van der Waals surface area (Å²) in [5, 5.41) is 23.8. The van der Waals surface area contributed by atoms with E-state index in [0.717, 1.165) is 21.8 Å². The summed E-state index contributed by atoms with van der Waals surface area (Å²) in [7, 11) is 1.71. The van der Waals surface area contributed by atoms with Gasteiger partial charge >= 0.3 is 0 Å². The third-order valence-corrected chi connectivity index (χ3v) is 6.78. The normalized spacial score (nSPS) is 19.1. The number of H-pyrrole nitrogens is 1. The van der Waals surface area contributed by atoms with Gasteiger partial charge in [0.1, 0.15) is 10.7 Å². The van der Waals surface area contributed by atoms with Crippen molar-refractivity contribution in [2.75, 3.05) is 18.9 Å². The summed E-state index contributed by atoms with van der Waals surface area (Å²) in [6.45, 7) is 2.54. The molecule has 1 aromatic carbocycles. The van der Waals surface area contributed by atoms with E-state index in [9.17, 15) is 9.90 Å². The molecule has 1 amide bonds. The molecule has 3 aromatic heterocycles. The van der Waals surface area contributed by atoms with E-state index in [-0.39, 0.29) is 11.9 Å². The number of anilines is 1. The lowest BCUT2D eigenvalue weighted by Gasteiger charge is -2.21. The molecule has 1 saturated heterocycles. The Morgan fingerprint density at radius 1 is 1.27 bits per heavy atom. The molecule has 2 atom stereocenters. The van der Waals surface area contributed by atoms with E-state index in [2.05, 4.69) is 25.5 Å². The fraction of sp³-hybridized carbons (Fsp3) is 0.261. The number of thiazole rings is 1. The van der Waals surface area contributed by atoms with Crippen molar-refractivity contribution in [3.63, 3.8) is 0 Å². The van der Waals surface area contributed by atoms with Crippen LogP contribution in [0.5, 0.6) is 0 Å². The van der Waals surface area contributed by atoms with Gasteiger partial charge < -0.3 is 15.3 Å². The zero-order valence-electron chi connectivity index (χ0n) is 18.2. The van der Waals surface area contributed by atoms with Gasteiger partial charge in [-0.3, -0.25) is 9.89 Å². The predicted octanol–water partition coefficient (Wildman–Crippen LogP) is 3.21. The Hall–Kier alpha value is -3.63. The van der Waals surface area contributed by atoms with E-state index in [0.29, 0.717) is 30.2 Å². The van der Waals surface area contributed by atoms with Crippen LogP contribution in [0.15, 0.2) is 54.3 Å². The molecule has 168 valence electrons. The average Bonchev–Trinajstić information content (AvgIpc) is 3.59. The summed E-state index contributed by atoms with van der Waals surface area (Å²) in [6, 6.07) is 9.23. The fourth-order valence-corrected chi connectivity index (χ4v) is 4.71. The van der Waals surface area contributed by atoms with E-state index in [1.807, 2.05) is 42.8 Å². The zero-order chi connectivity index (χ0) is 23.0. The van der Waals surface area contributed by atoms with Crippen molar-refractivity contribution in [3.8, 4) is 22.0 Å². The molecule has 1 aliphatic heterocycles. The molecule has 0 saturated carbocycles. The highest BCUT2D eigenvalue weighted by atomic mass is 32.1. The van der Waals surface area contributed by atoms with Gasteiger partial charge in [0.15, 0.2) is 5.60 Å². The van der Waals surface area contributed by atoms with Crippen LogP contribution in [-0.4, -0.2) is 54.7 Å². The molecule has 9 nitrogen and oxygen atoms in total. The highest BCUT2D eigenvalue weighted by Crippen LogP contribution is 2.36. The number of aromatic amines is 1. The van der Waals surface area contributed by atoms with Crippen molar-refractivity contribution in [1.29, 1.82) is 0 Å². The van der Waals surface area contributed by atoms with Crippen molar-refractivity contribution in [2.45, 2.75) is 25.0 Å². The number of likely N-dealkylation sites (N-methyl/N-ethyl adjacent to an activating group) is 1. The number of likely N-dealkylation sites (tertiary alicyclic amines) is 1. The van der Waals surface area contributed by atoms with Gasteiger partial charge in [-0.1, -0.05) is 18.2 Å². The summed E-state index contributed by atoms with van der Waals surface area (Å²) >= 11 is 1.49. The lowest BCUT2D eigenvalue weighted by Crippen LogP contribution is -2.36. The Labute approximate surface area is 194 Å². The molecule has 5 rings (SSSR count). The maximum atomic E-state index is 12.5. The number of hydrogen-bond acceptors (Lipinski definition) is 8. The quantitative estimate of drug-likeness (QED) is 0.403. The highest BCUT2D eigenvalue weighted by molar-refractivity contribution is 7.13. The number of rotatable bonds is 6. The Morgan fingerprint density at radius 2 is 2.15 bits per heavy atom. The second kappa shape index (κ2) is 8.38. The van der Waals surface area contributed by atoms with Crippen LogP contribution in [-0.2, 0) is 10.4 Å². The molecular formula is C23H23N7O2S. The molecule has 1 fully saturated rings. The molecule has 4 aromatic rings. The number of aromatic nitrogens is 5. The summed E-state index contributed by atoms with van der Waals surface area (Å²) in [4.78, 5) is 27.7. The summed E-state index contributed by atoms with van der Waals surface area (Å²) < 4.78 is 0. The maximum absolute atomic E-state index is 12.5. The van der Waals surface area contributed by atoms with E-state index in [4.69, 9.17) is 4.98 Å². The summed E-state index contributed by atoms with van der Waals surface area (Å²) in [6.07, 6.45) is 5.67. The van der Waals surface area contributed by atoms with Crippen molar-refractivity contribution < 1.29 is 9.90 Å². The molecule has 33 heavy (non-hydrogen) atoms. The van der Waals surface area contributed by atoms with Crippen LogP contribution in [0.3, 0.4) is 0 Å². The van der Waals surface area contributed by atoms with Gasteiger partial charge in [-0.2, -0.15) is 5.10 Å². The van der Waals surface area contributed by atoms with Crippen LogP contribution < -0.4 is 5.32 Å². The lowest BCUT2D eigenvalue weighted by atomic mass is 9.91. The second-order valence-corrected chi connectivity index (χ2v) is 8.98. The first-order valence-electron chi connectivity index (χ1n) is 10.6. The first-order chi connectivity index (χ1) is 15.9. The van der Waals surface area contributed by atoms with Crippen LogP contribution in [0.1, 0.15) is 30.5 Å². The second-order valence-electron chi connectivity index (χ2n) is 8.12. The van der Waals surface area contributed by atoms with Crippen molar-refractivity contribution in [1.82, 2.24) is 30.0 Å². The minimum absolute atomic E-state index is 0.00382. The number of carbonyl (C=O) groups excluding carboxylic acids is 1. The largest absolute Gasteiger partial charge is 0.375 e. The van der Waals surface area contributed by atoms with Crippen molar-refractivity contribution >= 4 is 23.2 Å². The molecule has 0 aliphatic carbocycles. The van der Waals surface area contributed by atoms with Crippen LogP contribution in [0.2, 0.25) is 0 Å². The van der Waals surface area contributed by atoms with Gasteiger partial charge in [0, 0.05) is 48.9 Å². The molecule has 0 radical (unpaired) electrons. The van der Waals surface area contributed by atoms with Gasteiger partial charge in [0.25, 0.3) is 5.91 Å². The number of aliphatic hydroxyl groups is 1. The summed E-state index contributed by atoms with van der Waals surface area (Å²) in [5.41, 5.74) is 2.40. The van der Waals surface area contributed by atoms with Gasteiger partial charge in [-0.25, -0.2) is 15.0 Å². The first-order valence-corrected chi connectivity index (χ1v) is 11.4. The standard InChI is InChI=1S/C23H23N7O2S/c1-14(16-11-25-26-12-16)27-22-24-8-6-18(29-22)19-13-33-20(28-19)15-4-3-5-17(10-15)23(32)7-9-30(2)21(23)31/h3-6,8,10-14,32H,7,9H2,1-2H3,(H,25,26)(H,24,27,29)/t14-,23+/m0/s1. The maximum Gasteiger partial charge on any atom is 0.258 e. The molecule has 10 heteroatoms. The molecule has 3 N–H and O–H groups in total. The van der Waals surface area contributed by atoms with E-state index in [1.165, 1.54) is 11.3 Å².